The van der Waals surface area contributed by atoms with Crippen molar-refractivity contribution >= 4 is 34.8 Å². The number of hydrogen-bond donors (Lipinski definition) is 3. The van der Waals surface area contributed by atoms with Crippen LogP contribution in [0, 0.1) is 0 Å². The van der Waals surface area contributed by atoms with Crippen LogP contribution in [-0.2, 0) is 0 Å². The molecule has 30 heavy (non-hydrogen) atoms. The highest BCUT2D eigenvalue weighted by atomic mass is 16.4. The molecule has 2 bridgehead atoms. The van der Waals surface area contributed by atoms with Crippen LogP contribution in [0.3, 0.4) is 0 Å². The monoisotopic (exact) mass is 404 g/mol. The zero-order valence-electron chi connectivity index (χ0n) is 15.5. The molecule has 0 aliphatic rings. The number of aromatic carboxylic acids is 2. The minimum atomic E-state index is -1.06. The number of hydrogen-bond acceptors (Lipinski definition) is 4. The van der Waals surface area contributed by atoms with Gasteiger partial charge in [-0.25, -0.2) is 9.59 Å². The molecule has 0 atom stereocenters. The molecular formula is C22H16N2O6. The summed E-state index contributed by atoms with van der Waals surface area (Å²) in [5.41, 5.74) is 7.99. The zero-order chi connectivity index (χ0) is 21.8. The summed E-state index contributed by atoms with van der Waals surface area (Å²) in [6, 6.07) is 18.9. The Hall–Kier alpha value is -4.46. The molecule has 2 aromatic carbocycles. The molecule has 0 saturated carbocycles. The second-order valence-electron chi connectivity index (χ2n) is 6.29. The van der Waals surface area contributed by atoms with E-state index in [9.17, 15) is 19.2 Å². The van der Waals surface area contributed by atoms with E-state index in [4.69, 9.17) is 15.9 Å². The highest BCUT2D eigenvalue weighted by Gasteiger charge is 2.14. The first-order valence-electron chi connectivity index (χ1n) is 8.69. The molecule has 0 spiro atoms. The van der Waals surface area contributed by atoms with E-state index in [0.29, 0.717) is 11.1 Å². The van der Waals surface area contributed by atoms with Gasteiger partial charge in [-0.05, 0) is 72.8 Å². The average molecular weight is 404 g/mol. The third-order valence-electron chi connectivity index (χ3n) is 4.36. The highest BCUT2D eigenvalue weighted by molar-refractivity contribution is 6.03. The number of primary amides is 1. The molecule has 0 saturated heterocycles. The topological polar surface area (TPSA) is 140 Å². The molecule has 0 fully saturated rings. The van der Waals surface area contributed by atoms with Gasteiger partial charge >= 0.3 is 11.9 Å². The summed E-state index contributed by atoms with van der Waals surface area (Å²) in [7, 11) is 0. The second-order valence-corrected chi connectivity index (χ2v) is 6.29. The molecule has 0 unspecified atom stereocenters. The first-order chi connectivity index (χ1) is 14.3. The van der Waals surface area contributed by atoms with Gasteiger partial charge in [0.2, 0.25) is 5.91 Å². The van der Waals surface area contributed by atoms with E-state index >= 15 is 0 Å². The number of aromatic nitrogens is 1. The van der Waals surface area contributed by atoms with Crippen molar-refractivity contribution in [2.24, 2.45) is 5.73 Å². The number of carbonyl (C=O) groups is 4. The SMILES string of the molecule is NC(=O)c1ccc(C(=O)n2c3ccc2cc3)cc1.O=C(O)c1ccc(C(=O)O)cc1. The van der Waals surface area contributed by atoms with Gasteiger partial charge in [-0.1, -0.05) is 0 Å². The molecule has 8 nitrogen and oxygen atoms in total. The van der Waals surface area contributed by atoms with Crippen LogP contribution >= 0.6 is 0 Å². The molecule has 8 heteroatoms. The van der Waals surface area contributed by atoms with Gasteiger partial charge in [0, 0.05) is 22.2 Å². The van der Waals surface area contributed by atoms with E-state index in [1.165, 1.54) is 24.3 Å². The minimum Gasteiger partial charge on any atom is -0.478 e. The third kappa shape index (κ3) is 4.17. The van der Waals surface area contributed by atoms with Crippen molar-refractivity contribution in [3.63, 3.8) is 0 Å². The maximum atomic E-state index is 12.3. The van der Waals surface area contributed by atoms with Gasteiger partial charge < -0.3 is 15.9 Å². The van der Waals surface area contributed by atoms with E-state index in [0.717, 1.165) is 11.0 Å². The Morgan fingerprint density at radius 3 is 1.23 bits per heavy atom. The lowest BCUT2D eigenvalue weighted by molar-refractivity contribution is 0.0681. The smallest absolute Gasteiger partial charge is 0.335 e. The summed E-state index contributed by atoms with van der Waals surface area (Å²) in [6.45, 7) is 0. The summed E-state index contributed by atoms with van der Waals surface area (Å²) in [5, 5.41) is 16.9. The van der Waals surface area contributed by atoms with Gasteiger partial charge in [0.25, 0.3) is 5.91 Å². The lowest BCUT2D eigenvalue weighted by atomic mass is 10.1. The maximum absolute atomic E-state index is 12.3. The van der Waals surface area contributed by atoms with Gasteiger partial charge in [-0.15, -0.1) is 0 Å². The van der Waals surface area contributed by atoms with Gasteiger partial charge in [0.15, 0.2) is 0 Å². The quantitative estimate of drug-likeness (QED) is 0.478. The van der Waals surface area contributed by atoms with Crippen LogP contribution in [0.5, 0.6) is 0 Å². The lowest BCUT2D eigenvalue weighted by Gasteiger charge is -2.03. The Balaban J connectivity index is 0.000000187. The Bertz CT molecular complexity index is 1140. The Morgan fingerprint density at radius 2 is 0.900 bits per heavy atom. The van der Waals surface area contributed by atoms with Crippen LogP contribution in [0.25, 0.3) is 11.0 Å². The van der Waals surface area contributed by atoms with E-state index < -0.39 is 17.8 Å². The van der Waals surface area contributed by atoms with Gasteiger partial charge in [0.05, 0.1) is 11.1 Å². The summed E-state index contributed by atoms with van der Waals surface area (Å²) < 4.78 is 1.64. The number of carboxylic acid groups (broad SMARTS) is 2. The molecular weight excluding hydrogens is 388 g/mol. The van der Waals surface area contributed by atoms with Crippen molar-refractivity contribution in [2.45, 2.75) is 0 Å². The number of carboxylic acids is 2. The van der Waals surface area contributed by atoms with Crippen molar-refractivity contribution in [3.8, 4) is 0 Å². The average Bonchev–Trinajstić information content (AvgIpc) is 3.34. The predicted molar refractivity (Wildman–Crippen MR) is 108 cm³/mol. The molecule has 2 heterocycles. The number of rotatable bonds is 4. The van der Waals surface area contributed by atoms with E-state index in [1.807, 2.05) is 24.3 Å². The minimum absolute atomic E-state index is 0.0833. The van der Waals surface area contributed by atoms with Gasteiger partial charge in [0.1, 0.15) is 0 Å². The second kappa shape index (κ2) is 8.27. The number of nitrogens with two attached hydrogens (primary N) is 1. The van der Waals surface area contributed by atoms with Crippen LogP contribution in [0.1, 0.15) is 41.4 Å². The highest BCUT2D eigenvalue weighted by Crippen LogP contribution is 2.19. The van der Waals surface area contributed by atoms with Crippen LogP contribution in [0.2, 0.25) is 0 Å². The summed E-state index contributed by atoms with van der Waals surface area (Å²) in [5.74, 6) is -2.73. The molecule has 0 aliphatic heterocycles. The van der Waals surface area contributed by atoms with Crippen molar-refractivity contribution in [1.82, 2.24) is 4.57 Å². The molecule has 2 aromatic heterocycles. The molecule has 4 N–H and O–H groups in total. The Labute approximate surface area is 170 Å². The van der Waals surface area contributed by atoms with E-state index in [-0.39, 0.29) is 17.0 Å². The summed E-state index contributed by atoms with van der Waals surface area (Å²) in [6.07, 6.45) is 0. The van der Waals surface area contributed by atoms with E-state index in [1.54, 1.807) is 28.8 Å². The fraction of sp³-hybridized carbons (Fsp3) is 0. The number of nitrogens with zero attached hydrogens (tertiary/aromatic N) is 1. The molecule has 4 rings (SSSR count). The Kier molecular flexibility index (Phi) is 5.59. The standard InChI is InChI=1S/C14H10N2O2.C8H6O4/c15-13(17)9-1-3-10(4-2-9)14(18)16-11-5-6-12(16)8-7-11;9-7(10)5-1-2-6(4-3-5)8(11)12/h1-8H,(H2,15,17);1-4H,(H,9,10)(H,11,12). The molecule has 150 valence electrons. The molecule has 0 radical (unpaired) electrons. The van der Waals surface area contributed by atoms with Crippen molar-refractivity contribution < 1.29 is 29.4 Å². The predicted octanol–water partition coefficient (Wildman–Crippen LogP) is 2.95. The Morgan fingerprint density at radius 1 is 0.567 bits per heavy atom. The molecule has 4 aromatic rings. The van der Waals surface area contributed by atoms with E-state index in [2.05, 4.69) is 0 Å². The van der Waals surface area contributed by atoms with Crippen LogP contribution in [0.4, 0.5) is 0 Å². The molecule has 1 amide bonds. The maximum Gasteiger partial charge on any atom is 0.335 e. The van der Waals surface area contributed by atoms with Gasteiger partial charge in [-0.3, -0.25) is 14.2 Å². The van der Waals surface area contributed by atoms with Crippen LogP contribution < -0.4 is 5.73 Å². The van der Waals surface area contributed by atoms with Crippen molar-refractivity contribution in [2.75, 3.05) is 0 Å². The number of amides is 1. The fourth-order valence-corrected chi connectivity index (χ4v) is 2.80. The van der Waals surface area contributed by atoms with Crippen LogP contribution in [-0.4, -0.2) is 38.5 Å². The van der Waals surface area contributed by atoms with Crippen LogP contribution in [0.15, 0.2) is 72.8 Å². The first-order valence-corrected chi connectivity index (χ1v) is 8.69. The zero-order valence-corrected chi connectivity index (χ0v) is 15.5. The first kappa shape index (κ1) is 20.3. The normalized spacial score (nSPS) is 10.3. The summed E-state index contributed by atoms with van der Waals surface area (Å²) in [4.78, 5) is 43.9. The largest absolute Gasteiger partial charge is 0.478 e. The summed E-state index contributed by atoms with van der Waals surface area (Å²) >= 11 is 0. The van der Waals surface area contributed by atoms with Crippen molar-refractivity contribution in [3.05, 3.63) is 95.1 Å². The molecule has 0 aliphatic carbocycles. The number of benzene rings is 3. The fourth-order valence-electron chi connectivity index (χ4n) is 2.80. The van der Waals surface area contributed by atoms with Gasteiger partial charge in [-0.2, -0.15) is 0 Å². The third-order valence-corrected chi connectivity index (χ3v) is 4.36. The lowest BCUT2D eigenvalue weighted by Crippen LogP contribution is -2.13. The number of carbonyl (C=O) groups excluding carboxylic acids is 2. The van der Waals surface area contributed by atoms with Crippen molar-refractivity contribution in [1.29, 1.82) is 0 Å². The number of fused-ring (bicyclic) bond motifs is 2.